The van der Waals surface area contributed by atoms with Gasteiger partial charge in [0.05, 0.1) is 0 Å². The number of rotatable bonds is 2. The molecule has 1 aromatic carbocycles. The van der Waals surface area contributed by atoms with Crippen LogP contribution in [0.4, 0.5) is 0 Å². The molecule has 22 heavy (non-hydrogen) atoms. The molecule has 1 heterocycles. The number of phenolic OH excluding ortho intramolecular Hbond substituents is 1. The maximum absolute atomic E-state index is 9.87. The summed E-state index contributed by atoms with van der Waals surface area (Å²) in [5.74, 6) is 1.04. The highest BCUT2D eigenvalue weighted by molar-refractivity contribution is 5.85. The van der Waals surface area contributed by atoms with Crippen molar-refractivity contribution < 1.29 is 5.11 Å². The van der Waals surface area contributed by atoms with Crippen LogP contribution in [0.25, 0.3) is 0 Å². The topological polar surface area (TPSA) is 23.5 Å². The van der Waals surface area contributed by atoms with Crippen molar-refractivity contribution >= 4 is 12.4 Å². The van der Waals surface area contributed by atoms with Crippen molar-refractivity contribution in [2.45, 2.75) is 52.0 Å². The Morgan fingerprint density at radius 1 is 1.41 bits per heavy atom. The highest BCUT2D eigenvalue weighted by atomic mass is 35.5. The van der Waals surface area contributed by atoms with Gasteiger partial charge in [-0.05, 0) is 67.8 Å². The van der Waals surface area contributed by atoms with E-state index in [4.69, 9.17) is 0 Å². The number of hydrogen-bond acceptors (Lipinski definition) is 2. The third-order valence-corrected chi connectivity index (χ3v) is 5.84. The Bertz CT molecular complexity index is 579. The second-order valence-corrected chi connectivity index (χ2v) is 7.35. The molecule has 1 aliphatic carbocycles. The van der Waals surface area contributed by atoms with Crippen LogP contribution in [0.15, 0.2) is 29.8 Å². The van der Waals surface area contributed by atoms with E-state index in [2.05, 4.69) is 44.7 Å². The summed E-state index contributed by atoms with van der Waals surface area (Å²) in [6, 6.07) is 6.60. The van der Waals surface area contributed by atoms with Crippen LogP contribution >= 0.6 is 12.4 Å². The fourth-order valence-electron chi connectivity index (χ4n) is 4.22. The van der Waals surface area contributed by atoms with E-state index in [-0.39, 0.29) is 17.8 Å². The van der Waals surface area contributed by atoms with Crippen LogP contribution in [-0.4, -0.2) is 29.1 Å². The van der Waals surface area contributed by atoms with Crippen molar-refractivity contribution in [1.29, 1.82) is 0 Å². The predicted octanol–water partition coefficient (Wildman–Crippen LogP) is 4.30. The van der Waals surface area contributed by atoms with E-state index in [1.54, 1.807) is 0 Å². The van der Waals surface area contributed by atoms with Gasteiger partial charge in [-0.15, -0.1) is 12.4 Å². The maximum Gasteiger partial charge on any atom is 0.115 e. The van der Waals surface area contributed by atoms with Gasteiger partial charge in [0.15, 0.2) is 0 Å². The largest absolute Gasteiger partial charge is 0.508 e. The van der Waals surface area contributed by atoms with Crippen molar-refractivity contribution in [1.82, 2.24) is 4.90 Å². The first-order chi connectivity index (χ1) is 9.91. The lowest BCUT2D eigenvalue weighted by Crippen LogP contribution is -2.57. The molecule has 1 N–H and O–H groups in total. The molecule has 2 bridgehead atoms. The summed E-state index contributed by atoms with van der Waals surface area (Å²) in [7, 11) is 0. The Morgan fingerprint density at radius 2 is 2.14 bits per heavy atom. The first-order valence-corrected chi connectivity index (χ1v) is 8.11. The van der Waals surface area contributed by atoms with Gasteiger partial charge >= 0.3 is 0 Å². The molecule has 1 unspecified atom stereocenters. The molecule has 0 amide bonds. The number of fused-ring (bicyclic) bond motifs is 4. The molecule has 3 heteroatoms. The van der Waals surface area contributed by atoms with Gasteiger partial charge in [0, 0.05) is 12.6 Å². The van der Waals surface area contributed by atoms with Gasteiger partial charge in [-0.1, -0.05) is 31.6 Å². The van der Waals surface area contributed by atoms with Crippen molar-refractivity contribution in [2.24, 2.45) is 5.92 Å². The summed E-state index contributed by atoms with van der Waals surface area (Å²) in [5, 5.41) is 9.87. The standard InChI is InChI=1S/C19H27NO.ClH/c1-13(2)7-9-20-10-8-19(4)14(3)18(20)11-15-5-6-16(21)12-17(15)19;/h5-7,12,14,18,21H,8-11H2,1-4H3;1H/t14?,18-,19+;/m0./s1. The molecule has 3 atom stereocenters. The number of benzene rings is 1. The van der Waals surface area contributed by atoms with Gasteiger partial charge in [0.2, 0.25) is 0 Å². The second-order valence-electron chi connectivity index (χ2n) is 7.35. The number of hydrogen-bond donors (Lipinski definition) is 1. The van der Waals surface area contributed by atoms with Crippen LogP contribution in [0.2, 0.25) is 0 Å². The fourth-order valence-corrected chi connectivity index (χ4v) is 4.22. The average molecular weight is 322 g/mol. The maximum atomic E-state index is 9.87. The van der Waals surface area contributed by atoms with Crippen LogP contribution in [0.5, 0.6) is 5.75 Å². The molecule has 3 rings (SSSR count). The normalized spacial score (nSPS) is 30.2. The van der Waals surface area contributed by atoms with Gasteiger partial charge in [-0.25, -0.2) is 0 Å². The minimum Gasteiger partial charge on any atom is -0.508 e. The van der Waals surface area contributed by atoms with E-state index in [0.29, 0.717) is 17.7 Å². The Balaban J connectivity index is 0.00000176. The second kappa shape index (κ2) is 6.25. The smallest absolute Gasteiger partial charge is 0.115 e. The SMILES string of the molecule is CC(C)=CCN1CC[C@@]2(C)c3cc(O)ccc3C[C@H]1C2C.Cl. The number of nitrogens with zero attached hydrogens (tertiary/aromatic N) is 1. The lowest BCUT2D eigenvalue weighted by atomic mass is 9.59. The molecular weight excluding hydrogens is 294 g/mol. The van der Waals surface area contributed by atoms with Gasteiger partial charge in [-0.2, -0.15) is 0 Å². The van der Waals surface area contributed by atoms with Gasteiger partial charge in [-0.3, -0.25) is 4.90 Å². The summed E-state index contributed by atoms with van der Waals surface area (Å²) in [5.41, 5.74) is 4.42. The van der Waals surface area contributed by atoms with E-state index in [0.717, 1.165) is 19.5 Å². The third kappa shape index (κ3) is 2.79. The van der Waals surface area contributed by atoms with E-state index >= 15 is 0 Å². The van der Waals surface area contributed by atoms with Crippen LogP contribution in [0.1, 0.15) is 45.2 Å². The lowest BCUT2D eigenvalue weighted by molar-refractivity contribution is 0.0397. The van der Waals surface area contributed by atoms with Gasteiger partial charge in [0.1, 0.15) is 5.75 Å². The van der Waals surface area contributed by atoms with Crippen molar-refractivity contribution in [3.05, 3.63) is 41.0 Å². The minimum atomic E-state index is 0. The van der Waals surface area contributed by atoms with E-state index in [9.17, 15) is 5.11 Å². The molecule has 0 aromatic heterocycles. The number of halogens is 1. The summed E-state index contributed by atoms with van der Waals surface area (Å²) in [4.78, 5) is 2.65. The summed E-state index contributed by atoms with van der Waals surface area (Å²) < 4.78 is 0. The molecule has 1 aromatic rings. The highest BCUT2D eigenvalue weighted by Crippen LogP contribution is 2.49. The zero-order valence-corrected chi connectivity index (χ0v) is 14.9. The zero-order chi connectivity index (χ0) is 15.2. The van der Waals surface area contributed by atoms with Crippen molar-refractivity contribution in [3.8, 4) is 5.75 Å². The number of aromatic hydroxyl groups is 1. The molecule has 2 aliphatic rings. The summed E-state index contributed by atoms with van der Waals surface area (Å²) >= 11 is 0. The number of piperidine rings is 1. The van der Waals surface area contributed by atoms with Gasteiger partial charge in [0.25, 0.3) is 0 Å². The molecule has 2 nitrogen and oxygen atoms in total. The van der Waals surface area contributed by atoms with E-state index < -0.39 is 0 Å². The van der Waals surface area contributed by atoms with E-state index in [1.165, 1.54) is 23.1 Å². The molecule has 0 saturated carbocycles. The quantitative estimate of drug-likeness (QED) is 0.821. The Labute approximate surface area is 140 Å². The Kier molecular flexibility index (Phi) is 4.93. The lowest BCUT2D eigenvalue weighted by Gasteiger charge is -2.54. The van der Waals surface area contributed by atoms with Gasteiger partial charge < -0.3 is 5.11 Å². The summed E-state index contributed by atoms with van der Waals surface area (Å²) in [6.07, 6.45) is 4.64. The minimum absolute atomic E-state index is 0. The first kappa shape index (κ1) is 17.4. The monoisotopic (exact) mass is 321 g/mol. The molecular formula is C19H28ClNO. The van der Waals surface area contributed by atoms with E-state index in [1.807, 2.05) is 12.1 Å². The predicted molar refractivity (Wildman–Crippen MR) is 95.0 cm³/mol. The fraction of sp³-hybridized carbons (Fsp3) is 0.579. The number of phenols is 1. The number of likely N-dealkylation sites (tertiary alicyclic amines) is 1. The van der Waals surface area contributed by atoms with Crippen LogP contribution in [0.3, 0.4) is 0 Å². The molecule has 1 aliphatic heterocycles. The average Bonchev–Trinajstić information content (AvgIpc) is 2.43. The van der Waals surface area contributed by atoms with Crippen LogP contribution in [-0.2, 0) is 11.8 Å². The van der Waals surface area contributed by atoms with Crippen LogP contribution in [0, 0.1) is 5.92 Å². The first-order valence-electron chi connectivity index (χ1n) is 8.11. The summed E-state index contributed by atoms with van der Waals surface area (Å²) in [6.45, 7) is 11.4. The third-order valence-electron chi connectivity index (χ3n) is 5.84. The molecule has 1 fully saturated rings. The molecule has 0 radical (unpaired) electrons. The molecule has 122 valence electrons. The van der Waals surface area contributed by atoms with Crippen molar-refractivity contribution in [2.75, 3.05) is 13.1 Å². The molecule has 1 saturated heterocycles. The zero-order valence-electron chi connectivity index (χ0n) is 14.1. The van der Waals surface area contributed by atoms with Crippen molar-refractivity contribution in [3.63, 3.8) is 0 Å². The Morgan fingerprint density at radius 3 is 2.82 bits per heavy atom. The van der Waals surface area contributed by atoms with Crippen LogP contribution < -0.4 is 0 Å². The Hall–Kier alpha value is -0.990. The number of allylic oxidation sites excluding steroid dienone is 1. The highest BCUT2D eigenvalue weighted by Gasteiger charge is 2.48. The molecule has 0 spiro atoms.